The Balaban J connectivity index is 0.00000120. The fraction of sp³-hybridized carbons (Fsp3) is 0.0714. The summed E-state index contributed by atoms with van der Waals surface area (Å²) in [4.78, 5) is 8.75. The molecule has 0 N–H and O–H groups in total. The number of nitrogens with zero attached hydrogens (tertiary/aromatic N) is 3. The number of benzene rings is 1. The number of hydrogen-bond donors (Lipinski definition) is 0. The van der Waals surface area contributed by atoms with E-state index in [0.717, 1.165) is 17.0 Å². The van der Waals surface area contributed by atoms with Crippen LogP contribution in [-0.4, -0.2) is 9.55 Å². The Morgan fingerprint density at radius 2 is 1.89 bits per heavy atom. The molecule has 0 fully saturated rings. The third-order valence-corrected chi connectivity index (χ3v) is 2.73. The first kappa shape index (κ1) is 12.8. The van der Waals surface area contributed by atoms with Crippen molar-refractivity contribution in [1.29, 1.82) is 0 Å². The molecule has 3 rings (SSSR count). The third-order valence-electron chi connectivity index (χ3n) is 2.73. The van der Waals surface area contributed by atoms with Gasteiger partial charge in [0.15, 0.2) is 0 Å². The summed E-state index contributed by atoms with van der Waals surface area (Å²) < 4.78 is 1.93. The Morgan fingerprint density at radius 3 is 2.56 bits per heavy atom. The molecule has 0 spiro atoms. The van der Waals surface area contributed by atoms with Crippen molar-refractivity contribution in [2.24, 2.45) is 7.05 Å². The summed E-state index contributed by atoms with van der Waals surface area (Å²) in [5.41, 5.74) is 4.16. The van der Waals surface area contributed by atoms with Crippen LogP contribution in [0, 0.1) is 0 Å². The first-order valence-electron chi connectivity index (χ1n) is 5.50. The standard InChI is InChI=1S/C14H12N3.Ir/c1-17-9-13(16-10-17)14-12(7-8-15-14)11-5-3-2-4-6-11;/h2-10H,1H3;/q-1;. The van der Waals surface area contributed by atoms with Crippen LogP contribution >= 0.6 is 0 Å². The smallest absolute Gasteiger partial charge is 0.0950 e. The molecule has 93 valence electrons. The average molecular weight is 414 g/mol. The predicted molar refractivity (Wildman–Crippen MR) is 67.4 cm³/mol. The molecule has 2 aromatic heterocycles. The van der Waals surface area contributed by atoms with Gasteiger partial charge in [-0.1, -0.05) is 36.4 Å². The first-order valence-corrected chi connectivity index (χ1v) is 5.50. The van der Waals surface area contributed by atoms with Crippen LogP contribution in [0.25, 0.3) is 22.5 Å². The van der Waals surface area contributed by atoms with Gasteiger partial charge in [0, 0.05) is 33.3 Å². The van der Waals surface area contributed by atoms with Crippen molar-refractivity contribution in [1.82, 2.24) is 14.5 Å². The molecule has 0 amide bonds. The molecule has 18 heavy (non-hydrogen) atoms. The van der Waals surface area contributed by atoms with Crippen LogP contribution in [0.15, 0.2) is 55.1 Å². The van der Waals surface area contributed by atoms with E-state index in [0.29, 0.717) is 0 Å². The van der Waals surface area contributed by atoms with Crippen LogP contribution in [0.2, 0.25) is 0 Å². The average Bonchev–Trinajstić information content (AvgIpc) is 2.98. The van der Waals surface area contributed by atoms with E-state index in [1.165, 1.54) is 5.56 Å². The topological polar surface area (TPSA) is 31.9 Å². The number of aryl methyl sites for hydroxylation is 1. The van der Waals surface area contributed by atoms with E-state index < -0.39 is 0 Å². The van der Waals surface area contributed by atoms with E-state index in [2.05, 4.69) is 22.1 Å². The van der Waals surface area contributed by atoms with Crippen molar-refractivity contribution < 1.29 is 20.1 Å². The van der Waals surface area contributed by atoms with Crippen LogP contribution in [0.5, 0.6) is 0 Å². The molecule has 0 aliphatic carbocycles. The maximum atomic E-state index is 4.40. The van der Waals surface area contributed by atoms with Gasteiger partial charge in [-0.05, 0) is 11.1 Å². The molecule has 4 heteroatoms. The fourth-order valence-corrected chi connectivity index (χ4v) is 1.92. The molecule has 0 atom stereocenters. The maximum absolute atomic E-state index is 4.40. The Morgan fingerprint density at radius 1 is 1.11 bits per heavy atom. The van der Waals surface area contributed by atoms with Gasteiger partial charge < -0.3 is 9.55 Å². The van der Waals surface area contributed by atoms with Crippen LogP contribution in [0.4, 0.5) is 0 Å². The van der Waals surface area contributed by atoms with Crippen molar-refractivity contribution in [2.45, 2.75) is 0 Å². The zero-order valence-electron chi connectivity index (χ0n) is 9.87. The molecular weight excluding hydrogens is 402 g/mol. The molecule has 1 aromatic carbocycles. The van der Waals surface area contributed by atoms with E-state index in [4.69, 9.17) is 0 Å². The molecule has 0 aliphatic rings. The van der Waals surface area contributed by atoms with Crippen molar-refractivity contribution >= 4 is 0 Å². The Bertz CT molecular complexity index is 625. The van der Waals surface area contributed by atoms with Crippen molar-refractivity contribution in [3.8, 4) is 22.5 Å². The second-order valence-corrected chi connectivity index (χ2v) is 4.00. The quantitative estimate of drug-likeness (QED) is 0.646. The third kappa shape index (κ3) is 2.30. The van der Waals surface area contributed by atoms with E-state index in [1.807, 2.05) is 48.3 Å². The molecule has 3 nitrogen and oxygen atoms in total. The normalized spacial score (nSPS) is 10.1. The summed E-state index contributed by atoms with van der Waals surface area (Å²) >= 11 is 0. The van der Waals surface area contributed by atoms with Crippen LogP contribution < -0.4 is 4.98 Å². The molecule has 0 bridgehead atoms. The molecule has 0 saturated carbocycles. The molecule has 1 radical (unpaired) electrons. The Kier molecular flexibility index (Phi) is 3.80. The van der Waals surface area contributed by atoms with Gasteiger partial charge in [-0.25, -0.2) is 4.98 Å². The SMILES string of the molecule is Cn1cnc(-c2[n-]ccc2-c2ccccc2)c1.[Ir]. The van der Waals surface area contributed by atoms with Gasteiger partial charge in [0.25, 0.3) is 0 Å². The van der Waals surface area contributed by atoms with Crippen molar-refractivity contribution in [2.75, 3.05) is 0 Å². The maximum Gasteiger partial charge on any atom is 0.0950 e. The van der Waals surface area contributed by atoms with E-state index in [-0.39, 0.29) is 20.1 Å². The number of imidazole rings is 1. The van der Waals surface area contributed by atoms with Gasteiger partial charge in [0.2, 0.25) is 0 Å². The monoisotopic (exact) mass is 415 g/mol. The van der Waals surface area contributed by atoms with Crippen molar-refractivity contribution in [3.05, 3.63) is 55.1 Å². The van der Waals surface area contributed by atoms with Crippen LogP contribution in [0.3, 0.4) is 0 Å². The summed E-state index contributed by atoms with van der Waals surface area (Å²) in [6.07, 6.45) is 5.60. The molecule has 0 unspecified atom stereocenters. The molecule has 3 aromatic rings. The summed E-state index contributed by atoms with van der Waals surface area (Å²) in [7, 11) is 1.96. The first-order chi connectivity index (χ1) is 8.34. The van der Waals surface area contributed by atoms with E-state index >= 15 is 0 Å². The molecule has 2 heterocycles. The van der Waals surface area contributed by atoms with Crippen molar-refractivity contribution in [3.63, 3.8) is 0 Å². The zero-order chi connectivity index (χ0) is 11.7. The number of aromatic nitrogens is 3. The van der Waals surface area contributed by atoms with Gasteiger partial charge >= 0.3 is 0 Å². The summed E-state index contributed by atoms with van der Waals surface area (Å²) in [6, 6.07) is 12.3. The van der Waals surface area contributed by atoms with Gasteiger partial charge in [-0.2, -0.15) is 6.20 Å². The van der Waals surface area contributed by atoms with Crippen LogP contribution in [0.1, 0.15) is 0 Å². The van der Waals surface area contributed by atoms with Gasteiger partial charge in [0.05, 0.1) is 12.0 Å². The van der Waals surface area contributed by atoms with Gasteiger partial charge in [0.1, 0.15) is 0 Å². The van der Waals surface area contributed by atoms with Crippen LogP contribution in [-0.2, 0) is 27.2 Å². The zero-order valence-corrected chi connectivity index (χ0v) is 12.3. The second kappa shape index (κ2) is 5.34. The number of hydrogen-bond acceptors (Lipinski definition) is 1. The van der Waals surface area contributed by atoms with Gasteiger partial charge in [-0.15, -0.1) is 5.69 Å². The molecule has 0 saturated heterocycles. The summed E-state index contributed by atoms with van der Waals surface area (Å²) in [5.74, 6) is 0. The minimum Gasteiger partial charge on any atom is -0.662 e. The largest absolute Gasteiger partial charge is 0.662 e. The predicted octanol–water partition coefficient (Wildman–Crippen LogP) is 2.71. The summed E-state index contributed by atoms with van der Waals surface area (Å²) in [6.45, 7) is 0. The van der Waals surface area contributed by atoms with Gasteiger partial charge in [-0.3, -0.25) is 0 Å². The fourth-order valence-electron chi connectivity index (χ4n) is 1.92. The second-order valence-electron chi connectivity index (χ2n) is 4.00. The molecule has 0 aliphatic heterocycles. The molecular formula is C14H12IrN3-. The minimum absolute atomic E-state index is 0. The Hall–Kier alpha value is -1.64. The Labute approximate surface area is 119 Å². The van der Waals surface area contributed by atoms with E-state index in [9.17, 15) is 0 Å². The minimum atomic E-state index is 0. The summed E-state index contributed by atoms with van der Waals surface area (Å²) in [5, 5.41) is 0. The number of rotatable bonds is 2. The van der Waals surface area contributed by atoms with E-state index in [1.54, 1.807) is 6.33 Å².